The van der Waals surface area contributed by atoms with Crippen LogP contribution in [0.5, 0.6) is 5.75 Å². The monoisotopic (exact) mass is 469 g/mol. The average molecular weight is 470 g/mol. The predicted molar refractivity (Wildman–Crippen MR) is 127 cm³/mol. The van der Waals surface area contributed by atoms with E-state index < -0.39 is 6.04 Å². The second-order valence-electron chi connectivity index (χ2n) is 7.49. The predicted octanol–water partition coefficient (Wildman–Crippen LogP) is 2.63. The number of aliphatic hydroxyl groups is 1. The number of amides is 2. The van der Waals surface area contributed by atoms with E-state index in [1.807, 2.05) is 32.0 Å². The molecule has 0 saturated carbocycles. The van der Waals surface area contributed by atoms with Crippen LogP contribution in [0.1, 0.15) is 33.4 Å². The van der Waals surface area contributed by atoms with Crippen molar-refractivity contribution >= 4 is 29.3 Å². The van der Waals surface area contributed by atoms with E-state index in [-0.39, 0.29) is 24.2 Å². The molecule has 174 valence electrons. The van der Waals surface area contributed by atoms with Crippen LogP contribution < -0.4 is 15.4 Å². The van der Waals surface area contributed by atoms with Crippen LogP contribution in [0.25, 0.3) is 0 Å². The maximum Gasteiger partial charge on any atom is 0.251 e. The lowest BCUT2D eigenvalue weighted by atomic mass is 10.1. The highest BCUT2D eigenvalue weighted by Gasteiger charge is 2.22. The molecule has 0 spiro atoms. The summed E-state index contributed by atoms with van der Waals surface area (Å²) >= 11 is 1.22. The molecule has 3 N–H and O–H groups in total. The normalized spacial score (nSPS) is 11.7. The Morgan fingerprint density at radius 1 is 1.15 bits per heavy atom. The Labute approximate surface area is 196 Å². The third-order valence-electron chi connectivity index (χ3n) is 5.02. The lowest BCUT2D eigenvalue weighted by Gasteiger charge is -2.16. The van der Waals surface area contributed by atoms with E-state index in [1.165, 1.54) is 11.8 Å². The van der Waals surface area contributed by atoms with Gasteiger partial charge in [0.25, 0.3) is 5.91 Å². The van der Waals surface area contributed by atoms with Crippen molar-refractivity contribution in [1.82, 2.24) is 20.1 Å². The van der Waals surface area contributed by atoms with E-state index in [2.05, 4.69) is 20.8 Å². The molecule has 0 aliphatic rings. The second-order valence-corrected chi connectivity index (χ2v) is 8.43. The number of hydrogen-bond donors (Lipinski definition) is 3. The number of nitrogens with one attached hydrogen (secondary N) is 2. The number of anilines is 1. The SMILES string of the molecule is COc1ccc(C(=O)N[C@@H](CO)c2nnc(SCC(=O)Nc3cc(C)ccc3C)n2C)cc1. The van der Waals surface area contributed by atoms with E-state index in [0.717, 1.165) is 16.8 Å². The molecule has 2 aromatic carbocycles. The number of aliphatic hydroxyl groups excluding tert-OH is 1. The van der Waals surface area contributed by atoms with Crippen molar-refractivity contribution in [3.05, 3.63) is 65.0 Å². The first-order valence-electron chi connectivity index (χ1n) is 10.3. The van der Waals surface area contributed by atoms with Gasteiger partial charge in [-0.05, 0) is 55.3 Å². The molecule has 1 aromatic heterocycles. The van der Waals surface area contributed by atoms with Crippen LogP contribution in [0.2, 0.25) is 0 Å². The van der Waals surface area contributed by atoms with E-state index in [9.17, 15) is 14.7 Å². The molecule has 0 bridgehead atoms. The molecular weight excluding hydrogens is 442 g/mol. The number of aryl methyl sites for hydroxylation is 2. The molecular formula is C23H27N5O4S. The third kappa shape index (κ3) is 6.11. The van der Waals surface area contributed by atoms with Gasteiger partial charge in [0.15, 0.2) is 11.0 Å². The summed E-state index contributed by atoms with van der Waals surface area (Å²) in [6.45, 7) is 3.55. The Hall–Kier alpha value is -3.37. The largest absolute Gasteiger partial charge is 0.497 e. The number of benzene rings is 2. The highest BCUT2D eigenvalue weighted by atomic mass is 32.2. The van der Waals surface area contributed by atoms with Gasteiger partial charge in [-0.3, -0.25) is 9.59 Å². The van der Waals surface area contributed by atoms with Crippen LogP contribution in [0.15, 0.2) is 47.6 Å². The Bertz CT molecular complexity index is 1130. The number of carbonyl (C=O) groups excluding carboxylic acids is 2. The van der Waals surface area contributed by atoms with Crippen LogP contribution in [-0.4, -0.2) is 51.2 Å². The topological polar surface area (TPSA) is 118 Å². The summed E-state index contributed by atoms with van der Waals surface area (Å²) in [5.41, 5.74) is 3.25. The van der Waals surface area contributed by atoms with Crippen molar-refractivity contribution in [2.24, 2.45) is 7.05 Å². The first kappa shape index (κ1) is 24.3. The van der Waals surface area contributed by atoms with Crippen molar-refractivity contribution in [3.63, 3.8) is 0 Å². The molecule has 3 aromatic rings. The summed E-state index contributed by atoms with van der Waals surface area (Å²) in [6, 6.07) is 11.8. The number of thioether (sulfide) groups is 1. The smallest absolute Gasteiger partial charge is 0.251 e. The highest BCUT2D eigenvalue weighted by molar-refractivity contribution is 7.99. The van der Waals surface area contributed by atoms with E-state index >= 15 is 0 Å². The van der Waals surface area contributed by atoms with Gasteiger partial charge >= 0.3 is 0 Å². The number of hydrogen-bond acceptors (Lipinski definition) is 7. The van der Waals surface area contributed by atoms with Gasteiger partial charge in [0, 0.05) is 18.3 Å². The minimum atomic E-state index is -0.754. The summed E-state index contributed by atoms with van der Waals surface area (Å²) in [4.78, 5) is 25.0. The second kappa shape index (κ2) is 11.0. The number of methoxy groups -OCH3 is 1. The maximum atomic E-state index is 12.6. The molecule has 2 amide bonds. The van der Waals surface area contributed by atoms with Crippen LogP contribution >= 0.6 is 11.8 Å². The molecule has 1 heterocycles. The zero-order chi connectivity index (χ0) is 24.0. The fraction of sp³-hybridized carbons (Fsp3) is 0.304. The number of ether oxygens (including phenoxy) is 1. The summed E-state index contributed by atoms with van der Waals surface area (Å²) < 4.78 is 6.76. The standard InChI is InChI=1S/C23H27N5O4S/c1-14-5-6-15(2)18(11-14)24-20(30)13-33-23-27-26-21(28(23)3)19(12-29)25-22(31)16-7-9-17(32-4)10-8-16/h5-11,19,29H,12-13H2,1-4H3,(H,24,30)(H,25,31)/t19-/m0/s1. The Kier molecular flexibility index (Phi) is 8.07. The van der Waals surface area contributed by atoms with Gasteiger partial charge in [-0.2, -0.15) is 0 Å². The fourth-order valence-electron chi connectivity index (χ4n) is 3.12. The average Bonchev–Trinajstić information content (AvgIpc) is 3.18. The van der Waals surface area contributed by atoms with Crippen LogP contribution in [0.3, 0.4) is 0 Å². The van der Waals surface area contributed by atoms with Crippen LogP contribution in [0, 0.1) is 13.8 Å². The van der Waals surface area contributed by atoms with E-state index in [1.54, 1.807) is 43.0 Å². The zero-order valence-corrected chi connectivity index (χ0v) is 19.8. The van der Waals surface area contributed by atoms with Crippen molar-refractivity contribution in [2.75, 3.05) is 24.8 Å². The lowest BCUT2D eigenvalue weighted by molar-refractivity contribution is -0.113. The zero-order valence-electron chi connectivity index (χ0n) is 19.0. The van der Waals surface area contributed by atoms with Gasteiger partial charge in [-0.1, -0.05) is 23.9 Å². The van der Waals surface area contributed by atoms with Gasteiger partial charge in [0.05, 0.1) is 19.5 Å². The van der Waals surface area contributed by atoms with E-state index in [0.29, 0.717) is 22.3 Å². The van der Waals surface area contributed by atoms with Crippen molar-refractivity contribution in [3.8, 4) is 5.75 Å². The third-order valence-corrected chi connectivity index (χ3v) is 6.04. The maximum absolute atomic E-state index is 12.6. The summed E-state index contributed by atoms with van der Waals surface area (Å²) in [5, 5.41) is 24.2. The number of carbonyl (C=O) groups is 2. The Balaban J connectivity index is 1.62. The summed E-state index contributed by atoms with van der Waals surface area (Å²) in [7, 11) is 3.27. The van der Waals surface area contributed by atoms with Gasteiger partial charge in [0.2, 0.25) is 5.91 Å². The Morgan fingerprint density at radius 3 is 2.55 bits per heavy atom. The van der Waals surface area contributed by atoms with Gasteiger partial charge < -0.3 is 25.0 Å². The van der Waals surface area contributed by atoms with Gasteiger partial charge in [0.1, 0.15) is 11.8 Å². The Morgan fingerprint density at radius 2 is 1.88 bits per heavy atom. The van der Waals surface area contributed by atoms with Crippen molar-refractivity contribution < 1.29 is 19.4 Å². The molecule has 0 aliphatic heterocycles. The van der Waals surface area contributed by atoms with Gasteiger partial charge in [-0.15, -0.1) is 10.2 Å². The molecule has 3 rings (SSSR count). The minimum absolute atomic E-state index is 0.140. The molecule has 0 radical (unpaired) electrons. The fourth-order valence-corrected chi connectivity index (χ4v) is 3.84. The van der Waals surface area contributed by atoms with Crippen molar-refractivity contribution in [1.29, 1.82) is 0 Å². The van der Waals surface area contributed by atoms with Crippen molar-refractivity contribution in [2.45, 2.75) is 25.0 Å². The number of nitrogens with zero attached hydrogens (tertiary/aromatic N) is 3. The van der Waals surface area contributed by atoms with Crippen LogP contribution in [-0.2, 0) is 11.8 Å². The molecule has 0 aliphatic carbocycles. The first-order valence-corrected chi connectivity index (χ1v) is 11.3. The van der Waals surface area contributed by atoms with Crippen LogP contribution in [0.4, 0.5) is 5.69 Å². The minimum Gasteiger partial charge on any atom is -0.497 e. The molecule has 0 saturated heterocycles. The summed E-state index contributed by atoms with van der Waals surface area (Å²) in [5.74, 6) is 0.645. The lowest BCUT2D eigenvalue weighted by Crippen LogP contribution is -2.32. The molecule has 1 atom stereocenters. The summed E-state index contributed by atoms with van der Waals surface area (Å²) in [6.07, 6.45) is 0. The quantitative estimate of drug-likeness (QED) is 0.412. The molecule has 0 unspecified atom stereocenters. The number of aromatic nitrogens is 3. The molecule has 9 nitrogen and oxygen atoms in total. The highest BCUT2D eigenvalue weighted by Crippen LogP contribution is 2.21. The molecule has 0 fully saturated rings. The molecule has 10 heteroatoms. The first-order chi connectivity index (χ1) is 15.8. The van der Waals surface area contributed by atoms with E-state index in [4.69, 9.17) is 4.74 Å². The number of rotatable bonds is 9. The molecule has 33 heavy (non-hydrogen) atoms. The van der Waals surface area contributed by atoms with Gasteiger partial charge in [-0.25, -0.2) is 0 Å².